The van der Waals surface area contributed by atoms with Gasteiger partial charge in [-0.1, -0.05) is 67.6 Å². The molecule has 0 aliphatic carbocycles. The summed E-state index contributed by atoms with van der Waals surface area (Å²) in [6, 6.07) is 30.5. The largest absolute Gasteiger partial charge is 0.508 e. The van der Waals surface area contributed by atoms with Crippen LogP contribution in [0.3, 0.4) is 0 Å². The molecule has 3 aromatic carbocycles. The third-order valence-corrected chi connectivity index (χ3v) is 11.5. The van der Waals surface area contributed by atoms with Gasteiger partial charge in [0.15, 0.2) is 0 Å². The fraction of sp³-hybridized carbons (Fsp3) is 0.378. The molecule has 286 valence electrons. The Bertz CT molecular complexity index is 1960. The topological polar surface area (TPSA) is 109 Å². The van der Waals surface area contributed by atoms with Gasteiger partial charge in [-0.15, -0.1) is 0 Å². The molecule has 1 unspecified atom stereocenters. The number of piperazine rings is 1. The number of aromatic hydroxyl groups is 1. The van der Waals surface area contributed by atoms with Crippen LogP contribution < -0.4 is 15.1 Å². The number of rotatable bonds is 11. The molecule has 10 heteroatoms. The summed E-state index contributed by atoms with van der Waals surface area (Å²) in [5, 5.41) is 12.3. The van der Waals surface area contributed by atoms with Crippen LogP contribution in [0.25, 0.3) is 11.1 Å². The minimum absolute atomic E-state index is 0.160. The van der Waals surface area contributed by atoms with Crippen molar-refractivity contribution < 1.29 is 19.5 Å². The Morgan fingerprint density at radius 1 is 0.800 bits per heavy atom. The maximum Gasteiger partial charge on any atom is 0.249 e. The fourth-order valence-corrected chi connectivity index (χ4v) is 8.28. The molecule has 10 nitrogen and oxygen atoms in total. The lowest BCUT2D eigenvalue weighted by Crippen LogP contribution is -2.53. The van der Waals surface area contributed by atoms with Gasteiger partial charge in [0.25, 0.3) is 0 Å². The average molecular weight is 741 g/mol. The minimum atomic E-state index is -0.617. The van der Waals surface area contributed by atoms with Crippen LogP contribution in [0, 0.1) is 5.92 Å². The summed E-state index contributed by atoms with van der Waals surface area (Å²) in [7, 11) is 1.62. The molecule has 3 amide bonds. The molecule has 55 heavy (non-hydrogen) atoms. The van der Waals surface area contributed by atoms with E-state index in [9.17, 15) is 19.5 Å². The van der Waals surface area contributed by atoms with E-state index < -0.39 is 11.9 Å². The number of carbonyl (C=O) groups excluding carboxylic acids is 3. The molecule has 0 saturated carbocycles. The molecule has 4 aromatic rings. The SMILES string of the molecule is CC/C(=C(\c1ccc(O)cc1)c1ccc(N2CCC(CN3CCN(c4ccc(CC(=O)N(C)C5CCC(=O)NC5=O)cn4)CC3)CC2)cc1)c1ccccc1. The van der Waals surface area contributed by atoms with Gasteiger partial charge in [-0.3, -0.25) is 24.6 Å². The molecule has 4 heterocycles. The molecule has 3 fully saturated rings. The number of phenolic OH excluding ortho intramolecular Hbond substituents is 1. The molecule has 0 radical (unpaired) electrons. The van der Waals surface area contributed by atoms with E-state index in [0.29, 0.717) is 12.3 Å². The van der Waals surface area contributed by atoms with Crippen molar-refractivity contribution in [2.45, 2.75) is 51.5 Å². The molecule has 3 saturated heterocycles. The molecule has 0 spiro atoms. The quantitative estimate of drug-likeness (QED) is 0.143. The van der Waals surface area contributed by atoms with Gasteiger partial charge in [-0.05, 0) is 95.3 Å². The Labute approximate surface area is 324 Å². The zero-order valence-electron chi connectivity index (χ0n) is 32.0. The van der Waals surface area contributed by atoms with E-state index >= 15 is 0 Å². The Morgan fingerprint density at radius 3 is 2.09 bits per heavy atom. The first-order valence-electron chi connectivity index (χ1n) is 19.7. The fourth-order valence-electron chi connectivity index (χ4n) is 8.28. The van der Waals surface area contributed by atoms with Crippen LogP contribution in [-0.2, 0) is 20.8 Å². The number of allylic oxidation sites excluding steroid dienone is 1. The molecule has 2 N–H and O–H groups in total. The van der Waals surface area contributed by atoms with Crippen molar-refractivity contribution in [2.75, 3.05) is 62.7 Å². The first kappa shape index (κ1) is 37.8. The second-order valence-electron chi connectivity index (χ2n) is 15.1. The van der Waals surface area contributed by atoms with Crippen LogP contribution >= 0.6 is 0 Å². The number of carbonyl (C=O) groups is 3. The van der Waals surface area contributed by atoms with Gasteiger partial charge in [0.05, 0.1) is 6.42 Å². The molecule has 1 aromatic heterocycles. The van der Waals surface area contributed by atoms with Gasteiger partial charge in [0, 0.05) is 71.2 Å². The Morgan fingerprint density at radius 2 is 1.47 bits per heavy atom. The number of amides is 3. The number of anilines is 2. The highest BCUT2D eigenvalue weighted by Gasteiger charge is 2.32. The summed E-state index contributed by atoms with van der Waals surface area (Å²) in [4.78, 5) is 50.1. The normalized spacial score (nSPS) is 18.8. The van der Waals surface area contributed by atoms with Gasteiger partial charge in [0.1, 0.15) is 17.6 Å². The Balaban J connectivity index is 0.889. The number of benzene rings is 3. The number of imide groups is 1. The highest BCUT2D eigenvalue weighted by molar-refractivity contribution is 6.02. The first-order chi connectivity index (χ1) is 26.7. The smallest absolute Gasteiger partial charge is 0.249 e. The Kier molecular flexibility index (Phi) is 11.9. The van der Waals surface area contributed by atoms with Crippen LogP contribution in [0.15, 0.2) is 97.2 Å². The summed E-state index contributed by atoms with van der Waals surface area (Å²) in [6.45, 7) is 9.27. The number of hydrogen-bond acceptors (Lipinski definition) is 8. The minimum Gasteiger partial charge on any atom is -0.508 e. The lowest BCUT2D eigenvalue weighted by molar-refractivity contribution is -0.144. The van der Waals surface area contributed by atoms with Crippen molar-refractivity contribution in [1.82, 2.24) is 20.1 Å². The van der Waals surface area contributed by atoms with E-state index in [-0.39, 0.29) is 30.4 Å². The number of aromatic nitrogens is 1. The molecule has 0 bridgehead atoms. The third-order valence-electron chi connectivity index (χ3n) is 11.5. The predicted octanol–water partition coefficient (Wildman–Crippen LogP) is 6.00. The zero-order chi connectivity index (χ0) is 38.3. The summed E-state index contributed by atoms with van der Waals surface area (Å²) in [5.74, 6) is 1.01. The lowest BCUT2D eigenvalue weighted by atomic mass is 9.88. The van der Waals surface area contributed by atoms with Crippen molar-refractivity contribution in [1.29, 1.82) is 0 Å². The van der Waals surface area contributed by atoms with E-state index in [1.165, 1.54) is 45.7 Å². The summed E-state index contributed by atoms with van der Waals surface area (Å²) in [5.41, 5.74) is 8.06. The average Bonchev–Trinajstić information content (AvgIpc) is 3.21. The van der Waals surface area contributed by atoms with Gasteiger partial charge in [-0.2, -0.15) is 0 Å². The van der Waals surface area contributed by atoms with Crippen molar-refractivity contribution in [3.63, 3.8) is 0 Å². The maximum absolute atomic E-state index is 12.9. The highest BCUT2D eigenvalue weighted by atomic mass is 16.3. The zero-order valence-corrected chi connectivity index (χ0v) is 32.0. The van der Waals surface area contributed by atoms with Gasteiger partial charge >= 0.3 is 0 Å². The summed E-state index contributed by atoms with van der Waals surface area (Å²) < 4.78 is 0. The predicted molar refractivity (Wildman–Crippen MR) is 218 cm³/mol. The van der Waals surface area contributed by atoms with Crippen LogP contribution in [0.4, 0.5) is 11.5 Å². The molecular weight excluding hydrogens is 689 g/mol. The highest BCUT2D eigenvalue weighted by Crippen LogP contribution is 2.36. The number of pyridine rings is 1. The number of nitrogens with one attached hydrogen (secondary N) is 1. The maximum atomic E-state index is 12.9. The monoisotopic (exact) mass is 740 g/mol. The van der Waals surface area contributed by atoms with Crippen LogP contribution in [0.5, 0.6) is 5.75 Å². The van der Waals surface area contributed by atoms with Crippen molar-refractivity contribution >= 4 is 40.4 Å². The van der Waals surface area contributed by atoms with Gasteiger partial charge in [0.2, 0.25) is 17.7 Å². The van der Waals surface area contributed by atoms with Crippen molar-refractivity contribution in [3.8, 4) is 5.75 Å². The number of nitrogens with zero attached hydrogens (tertiary/aromatic N) is 5. The number of phenols is 1. The number of likely N-dealkylation sites (N-methyl/N-ethyl adjacent to an activating group) is 1. The summed E-state index contributed by atoms with van der Waals surface area (Å²) in [6.07, 6.45) is 5.76. The summed E-state index contributed by atoms with van der Waals surface area (Å²) >= 11 is 0. The van der Waals surface area contributed by atoms with Crippen molar-refractivity contribution in [2.24, 2.45) is 5.92 Å². The van der Waals surface area contributed by atoms with Crippen LogP contribution in [0.1, 0.15) is 61.3 Å². The standard InChI is InChI=1S/C45H52N6O4/c1-3-39(34-7-5-4-6-8-34)44(36-12-16-38(52)17-13-36)35-10-14-37(15-11-35)50-23-21-32(22-24-50)31-49-25-27-51(28-26-49)41-19-9-33(30-46-41)29-43(54)48(2)40-18-20-42(53)47-45(40)55/h4-17,19,30,32,40,52H,3,18,20-29,31H2,1-2H3,(H,47,53,55)/b44-39+. The number of hydrogen-bond donors (Lipinski definition) is 2. The van der Waals surface area contributed by atoms with Crippen LogP contribution in [0.2, 0.25) is 0 Å². The molecular formula is C45H52N6O4. The molecule has 3 aliphatic rings. The molecule has 1 atom stereocenters. The van der Waals surface area contributed by atoms with E-state index in [1.807, 2.05) is 24.3 Å². The van der Waals surface area contributed by atoms with E-state index in [2.05, 4.69) is 86.5 Å². The van der Waals surface area contributed by atoms with Gasteiger partial charge < -0.3 is 19.8 Å². The molecule has 7 rings (SSSR count). The second-order valence-corrected chi connectivity index (χ2v) is 15.1. The third kappa shape index (κ3) is 9.08. The van der Waals surface area contributed by atoms with E-state index in [1.54, 1.807) is 25.4 Å². The van der Waals surface area contributed by atoms with E-state index in [0.717, 1.165) is 69.2 Å². The molecule has 3 aliphatic heterocycles. The van der Waals surface area contributed by atoms with Crippen LogP contribution in [-0.4, -0.2) is 96.5 Å². The van der Waals surface area contributed by atoms with E-state index in [4.69, 9.17) is 0 Å². The van der Waals surface area contributed by atoms with Crippen molar-refractivity contribution in [3.05, 3.63) is 119 Å². The lowest BCUT2D eigenvalue weighted by Gasteiger charge is -2.39. The first-order valence-corrected chi connectivity index (χ1v) is 19.7. The number of piperidine rings is 2. The Hall–Kier alpha value is -5.48. The second kappa shape index (κ2) is 17.3. The van der Waals surface area contributed by atoms with Gasteiger partial charge in [-0.25, -0.2) is 4.98 Å².